The average molecular weight is 620 g/mol. The summed E-state index contributed by atoms with van der Waals surface area (Å²) in [6.07, 6.45) is 7.73. The van der Waals surface area contributed by atoms with Crippen LogP contribution >= 0.6 is 0 Å². The van der Waals surface area contributed by atoms with Crippen molar-refractivity contribution >= 4 is 12.2 Å². The normalized spacial score (nSPS) is 21.2. The maximum absolute atomic E-state index is 2.60. The Morgan fingerprint density at radius 2 is 1.06 bits per heavy atom. The first-order valence-corrected chi connectivity index (χ1v) is 20.8. The van der Waals surface area contributed by atoms with Crippen LogP contribution in [-0.4, -0.2) is 0 Å². The van der Waals surface area contributed by atoms with Crippen molar-refractivity contribution in [3.8, 4) is 0 Å². The Kier molecular flexibility index (Phi) is 7.82. The number of benzene rings is 2. The van der Waals surface area contributed by atoms with Crippen molar-refractivity contribution in [3.63, 3.8) is 0 Å². The minimum Gasteiger partial charge on any atom is -1.00 e. The van der Waals surface area contributed by atoms with Gasteiger partial charge in [0.05, 0.1) is 0 Å². The minimum atomic E-state index is -2.60. The van der Waals surface area contributed by atoms with Gasteiger partial charge in [0.2, 0.25) is 0 Å². The third kappa shape index (κ3) is 4.44. The Labute approximate surface area is 205 Å². The Balaban J connectivity index is 0.00000136. The standard InChI is InChI=1S/2C13H15.C2H4.2ClH.Hf/c2*1-10(2)7-11-8-12-5-3-4-6-13(12)9-11;1-2;;;/h2*3-6,8-10H,7H2,1-2H3;1-2H2;2*1H;/q;;;;;+2/p-2. The van der Waals surface area contributed by atoms with E-state index in [1.54, 1.807) is 30.6 Å². The third-order valence-electron chi connectivity index (χ3n) is 7.30. The Morgan fingerprint density at radius 1 is 0.677 bits per heavy atom. The van der Waals surface area contributed by atoms with E-state index in [1.165, 1.54) is 24.0 Å². The molecule has 1 aliphatic heterocycles. The second-order valence-electron chi connectivity index (χ2n) is 10.5. The van der Waals surface area contributed by atoms with Crippen molar-refractivity contribution in [3.05, 3.63) is 81.9 Å². The van der Waals surface area contributed by atoms with E-state index in [9.17, 15) is 0 Å². The van der Waals surface area contributed by atoms with Crippen LogP contribution in [0.1, 0.15) is 70.1 Å². The number of allylic oxidation sites excluding steroid dienone is 2. The molecule has 0 nitrogen and oxygen atoms in total. The zero-order valence-electron chi connectivity index (χ0n) is 19.2. The molecule has 2 aliphatic carbocycles. The zero-order valence-corrected chi connectivity index (χ0v) is 24.3. The van der Waals surface area contributed by atoms with Gasteiger partial charge in [0.1, 0.15) is 0 Å². The van der Waals surface area contributed by atoms with Gasteiger partial charge in [-0.05, 0) is 0 Å². The molecule has 2 unspecified atom stereocenters. The average Bonchev–Trinajstić information content (AvgIpc) is 3.23. The Bertz CT molecular complexity index is 920. The molecular formula is C28H34Cl2Hf. The quantitative estimate of drug-likeness (QED) is 0.436. The first-order valence-electron chi connectivity index (χ1n) is 11.6. The topological polar surface area (TPSA) is 0 Å². The van der Waals surface area contributed by atoms with Crippen molar-refractivity contribution in [2.75, 3.05) is 0 Å². The fraction of sp³-hybridized carbons (Fsp3) is 0.429. The van der Waals surface area contributed by atoms with Crippen LogP contribution in [0, 0.1) is 11.8 Å². The minimum absolute atomic E-state index is 0. The predicted octanol–water partition coefficient (Wildman–Crippen LogP) is 2.37. The first-order chi connectivity index (χ1) is 14.0. The largest absolute Gasteiger partial charge is 1.00 e. The number of hydrogen-bond acceptors (Lipinski definition) is 0. The molecule has 3 aliphatic rings. The molecule has 0 N–H and O–H groups in total. The maximum atomic E-state index is 2.59. The van der Waals surface area contributed by atoms with Gasteiger partial charge in [-0.3, -0.25) is 0 Å². The van der Waals surface area contributed by atoms with Crippen LogP contribution in [0.4, 0.5) is 0 Å². The molecule has 1 saturated heterocycles. The molecule has 2 aromatic carbocycles. The van der Waals surface area contributed by atoms with E-state index in [0.29, 0.717) is 0 Å². The summed E-state index contributed by atoms with van der Waals surface area (Å²) in [7, 11) is 0. The summed E-state index contributed by atoms with van der Waals surface area (Å²) in [5, 5.41) is 0. The van der Waals surface area contributed by atoms with E-state index in [-0.39, 0.29) is 24.8 Å². The summed E-state index contributed by atoms with van der Waals surface area (Å²) >= 11 is -2.60. The van der Waals surface area contributed by atoms with Gasteiger partial charge >= 0.3 is 182 Å². The van der Waals surface area contributed by atoms with Crippen LogP contribution in [0.5, 0.6) is 0 Å². The summed E-state index contributed by atoms with van der Waals surface area (Å²) in [6.45, 7) is 9.58. The second kappa shape index (κ2) is 9.70. The zero-order chi connectivity index (χ0) is 20.2. The van der Waals surface area contributed by atoms with Crippen molar-refractivity contribution in [2.24, 2.45) is 11.8 Å². The number of rotatable bonds is 6. The molecule has 1 heterocycles. The molecule has 1 fully saturated rings. The summed E-state index contributed by atoms with van der Waals surface area (Å²) in [6, 6.07) is 18.7. The first kappa shape index (κ1) is 25.0. The number of hydrogen-bond donors (Lipinski definition) is 0. The van der Waals surface area contributed by atoms with Crippen LogP contribution in [-0.2, 0) is 20.0 Å². The van der Waals surface area contributed by atoms with Gasteiger partial charge in [-0.15, -0.1) is 0 Å². The molecule has 2 atom stereocenters. The molecule has 0 spiro atoms. The SMILES string of the molecule is CC(C)CC1=Cc2ccccc2[CH]1[Hf+2]1([CH]2C(CC(C)C)=Cc3ccccc32)[CH2][CH2]1.[Cl-].[Cl-]. The second-order valence-corrected chi connectivity index (χ2v) is 27.1. The van der Waals surface area contributed by atoms with Gasteiger partial charge in [0.15, 0.2) is 0 Å². The van der Waals surface area contributed by atoms with E-state index in [4.69, 9.17) is 0 Å². The van der Waals surface area contributed by atoms with Crippen molar-refractivity contribution in [1.29, 1.82) is 0 Å². The van der Waals surface area contributed by atoms with E-state index < -0.39 is 20.0 Å². The van der Waals surface area contributed by atoms with E-state index >= 15 is 0 Å². The molecule has 5 rings (SSSR count). The molecular weight excluding hydrogens is 586 g/mol. The van der Waals surface area contributed by atoms with Crippen LogP contribution in [0.15, 0.2) is 59.7 Å². The van der Waals surface area contributed by atoms with Gasteiger partial charge in [-0.25, -0.2) is 0 Å². The van der Waals surface area contributed by atoms with Gasteiger partial charge in [-0.2, -0.15) is 0 Å². The molecule has 0 saturated carbocycles. The Morgan fingerprint density at radius 3 is 1.42 bits per heavy atom. The van der Waals surface area contributed by atoms with E-state index in [0.717, 1.165) is 19.2 Å². The van der Waals surface area contributed by atoms with Crippen LogP contribution in [0.2, 0.25) is 8.35 Å². The predicted molar refractivity (Wildman–Crippen MR) is 123 cm³/mol. The smallest absolute Gasteiger partial charge is 1.00 e. The molecule has 164 valence electrons. The maximum Gasteiger partial charge on any atom is -1.00 e. The fourth-order valence-corrected chi connectivity index (χ4v) is 34.3. The Hall–Kier alpha value is -0.630. The van der Waals surface area contributed by atoms with E-state index in [1.807, 2.05) is 0 Å². The molecule has 3 heteroatoms. The monoisotopic (exact) mass is 620 g/mol. The summed E-state index contributed by atoms with van der Waals surface area (Å²) in [5.74, 6) is 1.48. The fourth-order valence-electron chi connectivity index (χ4n) is 6.32. The summed E-state index contributed by atoms with van der Waals surface area (Å²) in [5.41, 5.74) is 10.0. The van der Waals surface area contributed by atoms with Crippen LogP contribution in [0.3, 0.4) is 0 Å². The molecule has 0 amide bonds. The van der Waals surface area contributed by atoms with Gasteiger partial charge < -0.3 is 24.8 Å². The summed E-state index contributed by atoms with van der Waals surface area (Å²) in [4.78, 5) is 0. The molecule has 0 aromatic heterocycles. The molecule has 0 bridgehead atoms. The van der Waals surface area contributed by atoms with Gasteiger partial charge in [0.25, 0.3) is 0 Å². The van der Waals surface area contributed by atoms with Crippen LogP contribution < -0.4 is 24.8 Å². The molecule has 2 aromatic rings. The molecule has 0 radical (unpaired) electrons. The van der Waals surface area contributed by atoms with Gasteiger partial charge in [0, 0.05) is 0 Å². The van der Waals surface area contributed by atoms with Crippen molar-refractivity contribution < 1.29 is 44.8 Å². The summed E-state index contributed by atoms with van der Waals surface area (Å²) < 4.78 is 4.78. The molecule has 31 heavy (non-hydrogen) atoms. The third-order valence-corrected chi connectivity index (χ3v) is 26.4. The van der Waals surface area contributed by atoms with Gasteiger partial charge in [-0.1, -0.05) is 0 Å². The van der Waals surface area contributed by atoms with Crippen molar-refractivity contribution in [1.82, 2.24) is 0 Å². The van der Waals surface area contributed by atoms with Crippen molar-refractivity contribution in [2.45, 2.75) is 56.2 Å². The van der Waals surface area contributed by atoms with Crippen LogP contribution in [0.25, 0.3) is 12.2 Å². The number of fused-ring (bicyclic) bond motifs is 2. The number of halogens is 2. The van der Waals surface area contributed by atoms with E-state index in [2.05, 4.69) is 88.4 Å².